The molecule has 2 heterocycles. The minimum atomic E-state index is 0.488. The van der Waals surface area contributed by atoms with Crippen molar-refractivity contribution in [2.24, 2.45) is 5.41 Å². The first-order valence-electron chi connectivity index (χ1n) is 7.30. The van der Waals surface area contributed by atoms with Gasteiger partial charge in [-0.15, -0.1) is 0 Å². The molecule has 2 aliphatic rings. The van der Waals surface area contributed by atoms with Crippen LogP contribution in [0.2, 0.25) is 0 Å². The van der Waals surface area contributed by atoms with Crippen molar-refractivity contribution in [2.45, 2.75) is 39.7 Å². The highest BCUT2D eigenvalue weighted by atomic mass is 15.3. The van der Waals surface area contributed by atoms with Gasteiger partial charge in [-0.1, -0.05) is 20.8 Å². The standard InChI is InChI=1S/C14H29N3/c1-4-8-16-9-5-14(2,3)13(12-16)17-10-6-15-7-11-17/h13,15H,4-12H2,1-3H3. The summed E-state index contributed by atoms with van der Waals surface area (Å²) >= 11 is 0. The average Bonchev–Trinajstić information content (AvgIpc) is 2.33. The summed E-state index contributed by atoms with van der Waals surface area (Å²) in [6, 6.07) is 0.755. The maximum Gasteiger partial charge on any atom is 0.0275 e. The zero-order valence-corrected chi connectivity index (χ0v) is 11.8. The van der Waals surface area contributed by atoms with Crippen molar-refractivity contribution < 1.29 is 0 Å². The Morgan fingerprint density at radius 1 is 1.18 bits per heavy atom. The first kappa shape index (κ1) is 13.3. The Balaban J connectivity index is 1.99. The topological polar surface area (TPSA) is 18.5 Å². The molecule has 0 aliphatic carbocycles. The van der Waals surface area contributed by atoms with E-state index >= 15 is 0 Å². The molecule has 3 nitrogen and oxygen atoms in total. The van der Waals surface area contributed by atoms with Crippen LogP contribution in [0.3, 0.4) is 0 Å². The van der Waals surface area contributed by atoms with Crippen LogP contribution in [0.5, 0.6) is 0 Å². The second kappa shape index (κ2) is 5.68. The smallest absolute Gasteiger partial charge is 0.0275 e. The molecule has 2 saturated heterocycles. The van der Waals surface area contributed by atoms with Gasteiger partial charge in [-0.2, -0.15) is 0 Å². The van der Waals surface area contributed by atoms with Gasteiger partial charge in [0.15, 0.2) is 0 Å². The number of rotatable bonds is 3. The van der Waals surface area contributed by atoms with Gasteiger partial charge >= 0.3 is 0 Å². The van der Waals surface area contributed by atoms with Gasteiger partial charge in [-0.05, 0) is 31.3 Å². The lowest BCUT2D eigenvalue weighted by molar-refractivity contribution is 0.00105. The summed E-state index contributed by atoms with van der Waals surface area (Å²) in [6.45, 7) is 15.9. The molecule has 2 rings (SSSR count). The molecular weight excluding hydrogens is 210 g/mol. The molecular formula is C14H29N3. The van der Waals surface area contributed by atoms with Gasteiger partial charge in [0.05, 0.1) is 0 Å². The van der Waals surface area contributed by atoms with E-state index in [1.54, 1.807) is 0 Å². The molecule has 0 aromatic heterocycles. The highest BCUT2D eigenvalue weighted by Crippen LogP contribution is 2.34. The first-order valence-corrected chi connectivity index (χ1v) is 7.30. The van der Waals surface area contributed by atoms with Crippen LogP contribution in [0.4, 0.5) is 0 Å². The molecule has 0 bridgehead atoms. The highest BCUT2D eigenvalue weighted by molar-refractivity contribution is 4.94. The maximum atomic E-state index is 3.46. The summed E-state index contributed by atoms with van der Waals surface area (Å²) < 4.78 is 0. The number of nitrogens with one attached hydrogen (secondary N) is 1. The molecule has 0 aromatic rings. The van der Waals surface area contributed by atoms with Gasteiger partial charge in [0.2, 0.25) is 0 Å². The van der Waals surface area contributed by atoms with Crippen LogP contribution in [-0.2, 0) is 0 Å². The van der Waals surface area contributed by atoms with Gasteiger partial charge in [0.25, 0.3) is 0 Å². The molecule has 0 saturated carbocycles. The second-order valence-corrected chi connectivity index (χ2v) is 6.34. The summed E-state index contributed by atoms with van der Waals surface area (Å²) in [7, 11) is 0. The Kier molecular flexibility index (Phi) is 4.45. The molecule has 0 radical (unpaired) electrons. The molecule has 1 unspecified atom stereocenters. The quantitative estimate of drug-likeness (QED) is 0.803. The van der Waals surface area contributed by atoms with Crippen molar-refractivity contribution in [2.75, 3.05) is 45.8 Å². The van der Waals surface area contributed by atoms with Gasteiger partial charge in [-0.3, -0.25) is 4.90 Å². The Morgan fingerprint density at radius 3 is 2.53 bits per heavy atom. The summed E-state index contributed by atoms with van der Waals surface area (Å²) in [5.74, 6) is 0. The van der Waals surface area contributed by atoms with E-state index in [1.165, 1.54) is 58.7 Å². The molecule has 3 heteroatoms. The van der Waals surface area contributed by atoms with E-state index in [-0.39, 0.29) is 0 Å². The van der Waals surface area contributed by atoms with E-state index in [1.807, 2.05) is 0 Å². The number of nitrogens with zero attached hydrogens (tertiary/aromatic N) is 2. The van der Waals surface area contributed by atoms with Crippen LogP contribution < -0.4 is 5.32 Å². The molecule has 17 heavy (non-hydrogen) atoms. The Bertz CT molecular complexity index is 234. The second-order valence-electron chi connectivity index (χ2n) is 6.34. The van der Waals surface area contributed by atoms with Crippen LogP contribution >= 0.6 is 0 Å². The van der Waals surface area contributed by atoms with Crippen LogP contribution in [0.25, 0.3) is 0 Å². The minimum Gasteiger partial charge on any atom is -0.314 e. The van der Waals surface area contributed by atoms with Crippen molar-refractivity contribution in [3.63, 3.8) is 0 Å². The van der Waals surface area contributed by atoms with E-state index in [4.69, 9.17) is 0 Å². The third-order valence-corrected chi connectivity index (χ3v) is 4.54. The molecule has 2 aliphatic heterocycles. The number of hydrogen-bond donors (Lipinski definition) is 1. The highest BCUT2D eigenvalue weighted by Gasteiger charge is 2.38. The van der Waals surface area contributed by atoms with Crippen molar-refractivity contribution >= 4 is 0 Å². The predicted octanol–water partition coefficient (Wildman–Crippen LogP) is 1.40. The monoisotopic (exact) mass is 239 g/mol. The van der Waals surface area contributed by atoms with E-state index < -0.39 is 0 Å². The zero-order chi connectivity index (χ0) is 12.3. The molecule has 1 N–H and O–H groups in total. The lowest BCUT2D eigenvalue weighted by atomic mass is 9.77. The Labute approximate surface area is 107 Å². The van der Waals surface area contributed by atoms with Crippen molar-refractivity contribution in [1.82, 2.24) is 15.1 Å². The van der Waals surface area contributed by atoms with E-state index in [2.05, 4.69) is 35.9 Å². The summed E-state index contributed by atoms with van der Waals surface area (Å²) in [5.41, 5.74) is 0.488. The average molecular weight is 239 g/mol. The third kappa shape index (κ3) is 3.21. The van der Waals surface area contributed by atoms with Crippen LogP contribution in [-0.4, -0.2) is 61.7 Å². The van der Waals surface area contributed by atoms with Gasteiger partial charge < -0.3 is 10.2 Å². The largest absolute Gasteiger partial charge is 0.314 e. The van der Waals surface area contributed by atoms with Crippen LogP contribution in [0, 0.1) is 5.41 Å². The summed E-state index contributed by atoms with van der Waals surface area (Å²) in [6.07, 6.45) is 2.64. The van der Waals surface area contributed by atoms with Crippen molar-refractivity contribution in [3.05, 3.63) is 0 Å². The minimum absolute atomic E-state index is 0.488. The maximum absolute atomic E-state index is 3.46. The number of hydrogen-bond acceptors (Lipinski definition) is 3. The Morgan fingerprint density at radius 2 is 1.88 bits per heavy atom. The molecule has 0 spiro atoms. The van der Waals surface area contributed by atoms with E-state index in [9.17, 15) is 0 Å². The molecule has 1 atom stereocenters. The molecule has 100 valence electrons. The van der Waals surface area contributed by atoms with Gasteiger partial charge in [0, 0.05) is 38.8 Å². The lowest BCUT2D eigenvalue weighted by Crippen LogP contribution is -2.60. The van der Waals surface area contributed by atoms with Crippen LogP contribution in [0.1, 0.15) is 33.6 Å². The fourth-order valence-electron chi connectivity index (χ4n) is 3.32. The van der Waals surface area contributed by atoms with E-state index in [0.29, 0.717) is 5.41 Å². The fraction of sp³-hybridized carbons (Fsp3) is 1.00. The molecule has 2 fully saturated rings. The lowest BCUT2D eigenvalue weighted by Gasteiger charge is -2.50. The fourth-order valence-corrected chi connectivity index (χ4v) is 3.32. The number of piperazine rings is 1. The number of likely N-dealkylation sites (tertiary alicyclic amines) is 1. The normalized spacial score (nSPS) is 31.6. The summed E-state index contributed by atoms with van der Waals surface area (Å²) in [4.78, 5) is 5.39. The molecule has 0 aromatic carbocycles. The van der Waals surface area contributed by atoms with Crippen LogP contribution in [0.15, 0.2) is 0 Å². The van der Waals surface area contributed by atoms with Gasteiger partial charge in [0.1, 0.15) is 0 Å². The van der Waals surface area contributed by atoms with Gasteiger partial charge in [-0.25, -0.2) is 0 Å². The van der Waals surface area contributed by atoms with Crippen molar-refractivity contribution in [3.8, 4) is 0 Å². The molecule has 0 amide bonds. The first-order chi connectivity index (χ1) is 8.13. The Hall–Kier alpha value is -0.120. The third-order valence-electron chi connectivity index (χ3n) is 4.54. The van der Waals surface area contributed by atoms with E-state index in [0.717, 1.165) is 6.04 Å². The van der Waals surface area contributed by atoms with Crippen molar-refractivity contribution in [1.29, 1.82) is 0 Å². The zero-order valence-electron chi connectivity index (χ0n) is 11.8. The number of piperidine rings is 1. The summed E-state index contributed by atoms with van der Waals surface area (Å²) in [5, 5.41) is 3.46. The predicted molar refractivity (Wildman–Crippen MR) is 73.4 cm³/mol. The SMILES string of the molecule is CCCN1CCC(C)(C)C(N2CCNCC2)C1.